The SMILES string of the molecule is CNC1CCN(CC(=O)Nc2ccccc2[N+](=O)[O-])C1.Cl. The number of hydrogen-bond donors (Lipinski definition) is 2. The van der Waals surface area contributed by atoms with Crippen LogP contribution in [0.3, 0.4) is 0 Å². The van der Waals surface area contributed by atoms with Crippen LogP contribution in [-0.4, -0.2) is 48.5 Å². The number of hydrogen-bond acceptors (Lipinski definition) is 5. The minimum atomic E-state index is -0.498. The van der Waals surface area contributed by atoms with Crippen LogP contribution >= 0.6 is 12.4 Å². The van der Waals surface area contributed by atoms with Gasteiger partial charge in [-0.25, -0.2) is 0 Å². The molecule has 1 fully saturated rings. The summed E-state index contributed by atoms with van der Waals surface area (Å²) in [5.41, 5.74) is 0.155. The summed E-state index contributed by atoms with van der Waals surface area (Å²) >= 11 is 0. The lowest BCUT2D eigenvalue weighted by molar-refractivity contribution is -0.383. The van der Waals surface area contributed by atoms with Gasteiger partial charge >= 0.3 is 0 Å². The van der Waals surface area contributed by atoms with Crippen LogP contribution in [0.15, 0.2) is 24.3 Å². The fraction of sp³-hybridized carbons (Fsp3) is 0.462. The second-order valence-electron chi connectivity index (χ2n) is 4.83. The lowest BCUT2D eigenvalue weighted by Gasteiger charge is -2.15. The Morgan fingerprint density at radius 2 is 2.19 bits per heavy atom. The first-order valence-corrected chi connectivity index (χ1v) is 6.53. The van der Waals surface area contributed by atoms with E-state index in [2.05, 4.69) is 10.6 Å². The van der Waals surface area contributed by atoms with E-state index in [9.17, 15) is 14.9 Å². The number of halogens is 1. The molecule has 0 spiro atoms. The van der Waals surface area contributed by atoms with E-state index in [1.165, 1.54) is 12.1 Å². The number of nitro groups is 1. The zero-order chi connectivity index (χ0) is 14.5. The fourth-order valence-corrected chi connectivity index (χ4v) is 2.34. The number of likely N-dealkylation sites (tertiary alicyclic amines) is 1. The van der Waals surface area contributed by atoms with Gasteiger partial charge < -0.3 is 10.6 Å². The summed E-state index contributed by atoms with van der Waals surface area (Å²) < 4.78 is 0. The van der Waals surface area contributed by atoms with Crippen LogP contribution in [-0.2, 0) is 4.79 Å². The Morgan fingerprint density at radius 3 is 2.81 bits per heavy atom. The quantitative estimate of drug-likeness (QED) is 0.631. The van der Waals surface area contributed by atoms with Gasteiger partial charge in [-0.15, -0.1) is 12.4 Å². The van der Waals surface area contributed by atoms with E-state index in [-0.39, 0.29) is 36.2 Å². The maximum absolute atomic E-state index is 11.9. The van der Waals surface area contributed by atoms with Gasteiger partial charge in [-0.05, 0) is 19.5 Å². The maximum atomic E-state index is 11.9. The molecule has 0 saturated carbocycles. The minimum Gasteiger partial charge on any atom is -0.319 e. The maximum Gasteiger partial charge on any atom is 0.292 e. The van der Waals surface area contributed by atoms with E-state index in [0.717, 1.165) is 19.5 Å². The van der Waals surface area contributed by atoms with Gasteiger partial charge in [-0.3, -0.25) is 19.8 Å². The molecule has 1 amide bonds. The summed E-state index contributed by atoms with van der Waals surface area (Å²) in [7, 11) is 1.90. The second-order valence-corrected chi connectivity index (χ2v) is 4.83. The number of para-hydroxylation sites is 2. The molecule has 1 aliphatic rings. The van der Waals surface area contributed by atoms with Gasteiger partial charge in [0.15, 0.2) is 0 Å². The molecule has 7 nitrogen and oxygen atoms in total. The smallest absolute Gasteiger partial charge is 0.292 e. The molecular formula is C13H19ClN4O3. The molecule has 1 aromatic rings. The monoisotopic (exact) mass is 314 g/mol. The Hall–Kier alpha value is -1.70. The third-order valence-electron chi connectivity index (χ3n) is 3.42. The predicted molar refractivity (Wildman–Crippen MR) is 82.9 cm³/mol. The Bertz CT molecular complexity index is 512. The molecule has 2 N–H and O–H groups in total. The molecule has 1 saturated heterocycles. The summed E-state index contributed by atoms with van der Waals surface area (Å²) in [6.45, 7) is 1.93. The first-order chi connectivity index (χ1) is 9.60. The van der Waals surface area contributed by atoms with Crippen molar-refractivity contribution in [3.8, 4) is 0 Å². The highest BCUT2D eigenvalue weighted by molar-refractivity contribution is 5.94. The average molecular weight is 315 g/mol. The standard InChI is InChI=1S/C13H18N4O3.ClH/c1-14-10-6-7-16(8-10)9-13(18)15-11-4-2-3-5-12(11)17(19)20;/h2-5,10,14H,6-9H2,1H3,(H,15,18);1H. The number of nitrogens with zero attached hydrogens (tertiary/aromatic N) is 2. The molecule has 2 rings (SSSR count). The van der Waals surface area contributed by atoms with Crippen molar-refractivity contribution in [1.82, 2.24) is 10.2 Å². The van der Waals surface area contributed by atoms with Gasteiger partial charge in [0.05, 0.1) is 11.5 Å². The Labute approximate surface area is 129 Å². The minimum absolute atomic E-state index is 0. The Balaban J connectivity index is 0.00000220. The number of likely N-dealkylation sites (N-methyl/N-ethyl adjacent to an activating group) is 1. The average Bonchev–Trinajstić information content (AvgIpc) is 2.86. The molecular weight excluding hydrogens is 296 g/mol. The van der Waals surface area contributed by atoms with Crippen molar-refractivity contribution in [3.63, 3.8) is 0 Å². The zero-order valence-corrected chi connectivity index (χ0v) is 12.6. The van der Waals surface area contributed by atoms with Gasteiger partial charge in [-0.1, -0.05) is 12.1 Å². The van der Waals surface area contributed by atoms with E-state index in [1.807, 2.05) is 11.9 Å². The van der Waals surface area contributed by atoms with E-state index < -0.39 is 4.92 Å². The summed E-state index contributed by atoms with van der Waals surface area (Å²) in [6, 6.07) is 6.56. The summed E-state index contributed by atoms with van der Waals surface area (Å²) in [6.07, 6.45) is 1.01. The number of nitro benzene ring substituents is 1. The van der Waals surface area contributed by atoms with Crippen molar-refractivity contribution < 1.29 is 9.72 Å². The topological polar surface area (TPSA) is 87.5 Å². The number of nitrogens with one attached hydrogen (secondary N) is 2. The van der Waals surface area contributed by atoms with E-state index in [0.29, 0.717) is 6.04 Å². The third kappa shape index (κ3) is 4.66. The largest absolute Gasteiger partial charge is 0.319 e. The number of amides is 1. The van der Waals surface area contributed by atoms with Gasteiger partial charge in [-0.2, -0.15) is 0 Å². The number of anilines is 1. The highest BCUT2D eigenvalue weighted by Crippen LogP contribution is 2.23. The molecule has 0 aliphatic carbocycles. The molecule has 1 atom stereocenters. The molecule has 1 unspecified atom stereocenters. The molecule has 21 heavy (non-hydrogen) atoms. The van der Waals surface area contributed by atoms with Crippen LogP contribution in [0.2, 0.25) is 0 Å². The molecule has 116 valence electrons. The van der Waals surface area contributed by atoms with Crippen molar-refractivity contribution in [1.29, 1.82) is 0 Å². The third-order valence-corrected chi connectivity index (χ3v) is 3.42. The van der Waals surface area contributed by atoms with Crippen molar-refractivity contribution in [2.24, 2.45) is 0 Å². The van der Waals surface area contributed by atoms with Crippen LogP contribution in [0.1, 0.15) is 6.42 Å². The summed E-state index contributed by atoms with van der Waals surface area (Å²) in [5, 5.41) is 16.7. The molecule has 1 aliphatic heterocycles. The van der Waals surface area contributed by atoms with Gasteiger partial charge in [0.2, 0.25) is 5.91 Å². The normalized spacial score (nSPS) is 18.0. The van der Waals surface area contributed by atoms with Crippen molar-refractivity contribution in [3.05, 3.63) is 34.4 Å². The zero-order valence-electron chi connectivity index (χ0n) is 11.7. The second kappa shape index (κ2) is 7.92. The number of carbonyl (C=O) groups is 1. The van der Waals surface area contributed by atoms with Crippen LogP contribution in [0.25, 0.3) is 0 Å². The number of rotatable bonds is 5. The molecule has 0 aromatic heterocycles. The van der Waals surface area contributed by atoms with Gasteiger partial charge in [0, 0.05) is 25.2 Å². The first-order valence-electron chi connectivity index (χ1n) is 6.53. The van der Waals surface area contributed by atoms with Crippen LogP contribution in [0.5, 0.6) is 0 Å². The molecule has 0 radical (unpaired) electrons. The lowest BCUT2D eigenvalue weighted by Crippen LogP contribution is -2.34. The highest BCUT2D eigenvalue weighted by Gasteiger charge is 2.23. The van der Waals surface area contributed by atoms with Gasteiger partial charge in [0.1, 0.15) is 5.69 Å². The van der Waals surface area contributed by atoms with E-state index >= 15 is 0 Å². The Kier molecular flexibility index (Phi) is 6.54. The lowest BCUT2D eigenvalue weighted by atomic mass is 10.2. The van der Waals surface area contributed by atoms with Crippen LogP contribution in [0.4, 0.5) is 11.4 Å². The molecule has 1 heterocycles. The van der Waals surface area contributed by atoms with E-state index in [1.54, 1.807) is 12.1 Å². The van der Waals surface area contributed by atoms with E-state index in [4.69, 9.17) is 0 Å². The van der Waals surface area contributed by atoms with Crippen molar-refractivity contribution >= 4 is 29.7 Å². The highest BCUT2D eigenvalue weighted by atomic mass is 35.5. The van der Waals surface area contributed by atoms with Crippen LogP contribution in [0, 0.1) is 10.1 Å². The summed E-state index contributed by atoms with van der Waals surface area (Å²) in [5.74, 6) is -0.226. The fourth-order valence-electron chi connectivity index (χ4n) is 2.34. The predicted octanol–water partition coefficient (Wildman–Crippen LogP) is 1.25. The van der Waals surface area contributed by atoms with Crippen LogP contribution < -0.4 is 10.6 Å². The summed E-state index contributed by atoms with van der Waals surface area (Å²) in [4.78, 5) is 24.3. The number of carbonyl (C=O) groups excluding carboxylic acids is 1. The van der Waals surface area contributed by atoms with Gasteiger partial charge in [0.25, 0.3) is 5.69 Å². The van der Waals surface area contributed by atoms with Crippen molar-refractivity contribution in [2.45, 2.75) is 12.5 Å². The molecule has 1 aromatic carbocycles. The first kappa shape index (κ1) is 17.4. The molecule has 8 heteroatoms. The number of benzene rings is 1. The molecule has 0 bridgehead atoms. The Morgan fingerprint density at radius 1 is 1.48 bits per heavy atom. The van der Waals surface area contributed by atoms with Crippen molar-refractivity contribution in [2.75, 3.05) is 32.0 Å².